The summed E-state index contributed by atoms with van der Waals surface area (Å²) in [5, 5.41) is 5.32. The van der Waals surface area contributed by atoms with Crippen LogP contribution in [0.2, 0.25) is 0 Å². The minimum absolute atomic E-state index is 0.148. The number of nitrogens with one attached hydrogen (secondary N) is 1. The Balaban J connectivity index is 2.83. The maximum atomic E-state index is 11.0. The molecule has 3 nitrogen and oxygen atoms in total. The number of carbonyl (C=O) groups is 1. The molecular weight excluding hydrogens is 140 g/mol. The molecule has 1 aliphatic heterocycles. The fourth-order valence-electron chi connectivity index (χ4n) is 1.03. The Bertz CT molecular complexity index is 422. The lowest BCUT2D eigenvalue weighted by molar-refractivity contribution is 0.0964. The van der Waals surface area contributed by atoms with Crippen LogP contribution in [0.4, 0.5) is 0 Å². The Morgan fingerprint density at radius 2 is 2.27 bits per heavy atom. The number of nitrogens with zero attached hydrogens (tertiary/aromatic N) is 1. The van der Waals surface area contributed by atoms with E-state index in [9.17, 15) is 4.79 Å². The van der Waals surface area contributed by atoms with Gasteiger partial charge in [0, 0.05) is 0 Å². The number of carbonyl (C=O) groups excluding carboxylic acids is 1. The predicted molar refractivity (Wildman–Crippen MR) is 40.2 cm³/mol. The van der Waals surface area contributed by atoms with Crippen LogP contribution in [0, 0.1) is 0 Å². The van der Waals surface area contributed by atoms with E-state index in [1.165, 1.54) is 0 Å². The van der Waals surface area contributed by atoms with Gasteiger partial charge in [0.05, 0.1) is 10.9 Å². The Kier molecular flexibility index (Phi) is 1.06. The van der Waals surface area contributed by atoms with Crippen LogP contribution < -0.4 is 16.0 Å². The fraction of sp³-hybridized carbons (Fsp3) is 0. The van der Waals surface area contributed by atoms with Crippen molar-refractivity contribution >= 4 is 12.5 Å². The highest BCUT2D eigenvalue weighted by Gasteiger charge is 2.11. The summed E-state index contributed by atoms with van der Waals surface area (Å²) < 4.78 is 0. The second kappa shape index (κ2) is 1.92. The first-order chi connectivity index (χ1) is 5.27. The van der Waals surface area contributed by atoms with Crippen molar-refractivity contribution in [3.8, 4) is 0 Å². The van der Waals surface area contributed by atoms with Crippen LogP contribution in [0.5, 0.6) is 0 Å². The van der Waals surface area contributed by atoms with Gasteiger partial charge in [0.25, 0.3) is 5.91 Å². The summed E-state index contributed by atoms with van der Waals surface area (Å²) in [7, 11) is 0. The topological polar surface area (TPSA) is 41.5 Å². The highest BCUT2D eigenvalue weighted by atomic mass is 16.2. The number of amides is 1. The van der Waals surface area contributed by atoms with Crippen LogP contribution in [0.1, 0.15) is 10.4 Å². The van der Waals surface area contributed by atoms with Crippen molar-refractivity contribution in [3.05, 3.63) is 34.3 Å². The Morgan fingerprint density at radius 3 is 3.09 bits per heavy atom. The van der Waals surface area contributed by atoms with Gasteiger partial charge >= 0.3 is 0 Å². The molecule has 54 valence electrons. The summed E-state index contributed by atoms with van der Waals surface area (Å²) in [6.45, 7) is 3.71. The molecule has 0 atom stereocenters. The van der Waals surface area contributed by atoms with E-state index in [2.05, 4.69) is 17.1 Å². The van der Waals surface area contributed by atoms with Gasteiger partial charge in [0.2, 0.25) is 0 Å². The van der Waals surface area contributed by atoms with Crippen molar-refractivity contribution in [3.63, 3.8) is 0 Å². The molecule has 0 saturated heterocycles. The largest absolute Gasteiger partial charge is 0.273 e. The van der Waals surface area contributed by atoms with Crippen molar-refractivity contribution in [2.45, 2.75) is 0 Å². The summed E-state index contributed by atoms with van der Waals surface area (Å²) in [6, 6.07) is 5.32. The average Bonchev–Trinajstić information content (AvgIpc) is 2.33. The summed E-state index contributed by atoms with van der Waals surface area (Å²) in [5.74, 6) is -0.148. The summed E-state index contributed by atoms with van der Waals surface area (Å²) in [5.41, 5.74) is 2.98. The summed E-state index contributed by atoms with van der Waals surface area (Å²) in [6.07, 6.45) is 0. The van der Waals surface area contributed by atoms with Crippen molar-refractivity contribution < 1.29 is 4.79 Å². The Labute approximate surface area is 63.0 Å². The third-order valence-electron chi connectivity index (χ3n) is 1.58. The molecule has 0 bridgehead atoms. The van der Waals surface area contributed by atoms with Crippen LogP contribution in [0.25, 0.3) is 6.58 Å². The molecule has 0 spiro atoms. The lowest BCUT2D eigenvalue weighted by atomic mass is 10.2. The first-order valence-electron chi connectivity index (χ1n) is 3.24. The second-order valence-electron chi connectivity index (χ2n) is 2.40. The van der Waals surface area contributed by atoms with Crippen LogP contribution in [0.3, 0.4) is 0 Å². The van der Waals surface area contributed by atoms with Gasteiger partial charge in [-0.25, -0.2) is 5.43 Å². The molecule has 1 heterocycles. The van der Waals surface area contributed by atoms with Crippen molar-refractivity contribution in [2.24, 2.45) is 5.10 Å². The van der Waals surface area contributed by atoms with E-state index < -0.39 is 0 Å². The van der Waals surface area contributed by atoms with E-state index in [0.717, 1.165) is 5.22 Å². The SMILES string of the molecule is C=c1ccc2c(c1)C(=O)NN=2. The van der Waals surface area contributed by atoms with E-state index >= 15 is 0 Å². The molecule has 0 saturated carbocycles. The fourth-order valence-corrected chi connectivity index (χ4v) is 1.03. The molecule has 0 radical (unpaired) electrons. The van der Waals surface area contributed by atoms with Gasteiger partial charge in [-0.3, -0.25) is 4.79 Å². The molecular formula is C8H6N2O. The molecule has 1 aromatic rings. The summed E-state index contributed by atoms with van der Waals surface area (Å²) >= 11 is 0. The molecule has 0 fully saturated rings. The first kappa shape index (κ1) is 6.09. The number of fused-ring (bicyclic) bond motifs is 1. The second-order valence-corrected chi connectivity index (χ2v) is 2.40. The smallest absolute Gasteiger partial charge is 0.267 e. The number of benzene rings is 1. The zero-order valence-corrected chi connectivity index (χ0v) is 5.79. The van der Waals surface area contributed by atoms with Gasteiger partial charge in [0.1, 0.15) is 0 Å². The maximum absolute atomic E-state index is 11.0. The molecule has 1 aliphatic rings. The molecule has 1 aromatic carbocycles. The molecule has 0 aliphatic carbocycles. The number of rotatable bonds is 0. The van der Waals surface area contributed by atoms with Gasteiger partial charge in [-0.15, -0.1) is 0 Å². The highest BCUT2D eigenvalue weighted by Crippen LogP contribution is 1.91. The van der Waals surface area contributed by atoms with Crippen molar-refractivity contribution in [1.29, 1.82) is 0 Å². The molecule has 1 N–H and O–H groups in total. The van der Waals surface area contributed by atoms with Crippen LogP contribution in [-0.2, 0) is 0 Å². The zero-order valence-electron chi connectivity index (χ0n) is 5.79. The van der Waals surface area contributed by atoms with Crippen LogP contribution in [-0.4, -0.2) is 5.91 Å². The third kappa shape index (κ3) is 0.816. The highest BCUT2D eigenvalue weighted by molar-refractivity contribution is 5.95. The monoisotopic (exact) mass is 146 g/mol. The number of hydrogen-bond donors (Lipinski definition) is 1. The average molecular weight is 146 g/mol. The van der Waals surface area contributed by atoms with Gasteiger partial charge in [0.15, 0.2) is 0 Å². The van der Waals surface area contributed by atoms with E-state index in [1.54, 1.807) is 12.1 Å². The Hall–Kier alpha value is -1.64. The molecule has 0 aromatic heterocycles. The van der Waals surface area contributed by atoms with Gasteiger partial charge in [-0.2, -0.15) is 5.10 Å². The van der Waals surface area contributed by atoms with Crippen molar-refractivity contribution in [1.82, 2.24) is 5.43 Å². The maximum Gasteiger partial charge on any atom is 0.273 e. The van der Waals surface area contributed by atoms with Gasteiger partial charge in [-0.1, -0.05) is 12.6 Å². The lowest BCUT2D eigenvalue weighted by Crippen LogP contribution is -2.15. The van der Waals surface area contributed by atoms with Crippen LogP contribution >= 0.6 is 0 Å². The molecule has 1 amide bonds. The van der Waals surface area contributed by atoms with E-state index in [0.29, 0.717) is 10.9 Å². The van der Waals surface area contributed by atoms with Crippen LogP contribution in [0.15, 0.2) is 23.3 Å². The van der Waals surface area contributed by atoms with Gasteiger partial charge < -0.3 is 0 Å². The normalized spacial score (nSPS) is 13.6. The Morgan fingerprint density at radius 1 is 1.45 bits per heavy atom. The minimum Gasteiger partial charge on any atom is -0.267 e. The van der Waals surface area contributed by atoms with Crippen molar-refractivity contribution in [2.75, 3.05) is 0 Å². The lowest BCUT2D eigenvalue weighted by Gasteiger charge is -1.87. The van der Waals surface area contributed by atoms with E-state index in [-0.39, 0.29) is 5.91 Å². The zero-order chi connectivity index (χ0) is 7.84. The van der Waals surface area contributed by atoms with E-state index in [4.69, 9.17) is 0 Å². The first-order valence-corrected chi connectivity index (χ1v) is 3.24. The standard InChI is InChI=1S/C8H6N2O/c1-5-2-3-7-6(4-5)8(11)10-9-7/h2-4H,1H2,(H,10,11). The predicted octanol–water partition coefficient (Wildman–Crippen LogP) is -0.625. The number of hydrogen-bond acceptors (Lipinski definition) is 2. The minimum atomic E-state index is -0.148. The third-order valence-corrected chi connectivity index (χ3v) is 1.58. The van der Waals surface area contributed by atoms with Gasteiger partial charge in [-0.05, 0) is 17.4 Å². The summed E-state index contributed by atoms with van der Waals surface area (Å²) in [4.78, 5) is 11.0. The molecule has 0 unspecified atom stereocenters. The molecule has 2 rings (SSSR count). The molecule has 11 heavy (non-hydrogen) atoms. The quantitative estimate of drug-likeness (QED) is 0.520. The molecule has 3 heteroatoms. The van der Waals surface area contributed by atoms with E-state index in [1.807, 2.05) is 6.07 Å².